The highest BCUT2D eigenvalue weighted by molar-refractivity contribution is 8.00. The van der Waals surface area contributed by atoms with Crippen LogP contribution >= 0.6 is 23.1 Å². The van der Waals surface area contributed by atoms with Crippen LogP contribution in [0.4, 0.5) is 10.7 Å². The molecule has 0 saturated heterocycles. The number of nitro groups is 1. The smallest absolute Gasteiger partial charge is 0.341 e. The molecule has 0 saturated carbocycles. The Hall–Kier alpha value is -4.56. The SMILES string of the molecule is CCOC(=O)c1c(NC(=O)[C@@H](C)Sc2nnc(CNC(=O)c3ccc([N+](=O)[O-])cc3)n2CCc2ccccc2)sc2c1CCC2. The molecule has 0 bridgehead atoms. The van der Waals surface area contributed by atoms with E-state index in [9.17, 15) is 24.5 Å². The van der Waals surface area contributed by atoms with Crippen LogP contribution in [0.15, 0.2) is 59.8 Å². The van der Waals surface area contributed by atoms with Crippen LogP contribution in [0.25, 0.3) is 0 Å². The number of rotatable bonds is 13. The number of hydrogen-bond acceptors (Lipinski definition) is 10. The summed E-state index contributed by atoms with van der Waals surface area (Å²) in [6, 6.07) is 15.2. The Labute approximate surface area is 267 Å². The molecule has 2 heterocycles. The number of carbonyl (C=O) groups excluding carboxylic acids is 3. The Balaban J connectivity index is 1.31. The third-order valence-electron chi connectivity index (χ3n) is 7.30. The van der Waals surface area contributed by atoms with E-state index in [1.807, 2.05) is 34.9 Å². The van der Waals surface area contributed by atoms with Gasteiger partial charge in [0.25, 0.3) is 11.6 Å². The van der Waals surface area contributed by atoms with Gasteiger partial charge in [-0.05, 0) is 62.8 Å². The maximum atomic E-state index is 13.4. The molecule has 2 amide bonds. The second kappa shape index (κ2) is 14.5. The monoisotopic (exact) mass is 648 g/mol. The maximum Gasteiger partial charge on any atom is 0.341 e. The summed E-state index contributed by atoms with van der Waals surface area (Å²) >= 11 is 2.66. The average molecular weight is 649 g/mol. The fourth-order valence-electron chi connectivity index (χ4n) is 4.98. The number of esters is 1. The van der Waals surface area contributed by atoms with Gasteiger partial charge in [-0.25, -0.2) is 4.79 Å². The first-order valence-electron chi connectivity index (χ1n) is 14.5. The van der Waals surface area contributed by atoms with Gasteiger partial charge in [-0.2, -0.15) is 0 Å². The second-order valence-electron chi connectivity index (χ2n) is 10.3. The number of nitrogens with zero attached hydrogens (tertiary/aromatic N) is 4. The van der Waals surface area contributed by atoms with Crippen molar-refractivity contribution in [1.29, 1.82) is 0 Å². The van der Waals surface area contributed by atoms with Crippen molar-refractivity contribution < 1.29 is 24.0 Å². The summed E-state index contributed by atoms with van der Waals surface area (Å²) in [4.78, 5) is 50.4. The molecule has 234 valence electrons. The van der Waals surface area contributed by atoms with Crippen LogP contribution in [0.2, 0.25) is 0 Å². The van der Waals surface area contributed by atoms with Gasteiger partial charge in [0.2, 0.25) is 5.91 Å². The number of carbonyl (C=O) groups is 3. The van der Waals surface area contributed by atoms with Gasteiger partial charge < -0.3 is 19.9 Å². The molecule has 4 aromatic rings. The molecule has 0 radical (unpaired) electrons. The van der Waals surface area contributed by atoms with E-state index < -0.39 is 22.0 Å². The molecule has 12 nitrogen and oxygen atoms in total. The third-order valence-corrected chi connectivity index (χ3v) is 9.58. The lowest BCUT2D eigenvalue weighted by Gasteiger charge is -2.14. The highest BCUT2D eigenvalue weighted by Gasteiger charge is 2.30. The van der Waals surface area contributed by atoms with Crippen LogP contribution in [-0.4, -0.2) is 49.3 Å². The van der Waals surface area contributed by atoms with E-state index in [1.165, 1.54) is 47.4 Å². The second-order valence-corrected chi connectivity index (χ2v) is 12.7. The van der Waals surface area contributed by atoms with E-state index >= 15 is 0 Å². The van der Waals surface area contributed by atoms with Gasteiger partial charge in [-0.15, -0.1) is 21.5 Å². The van der Waals surface area contributed by atoms with E-state index in [2.05, 4.69) is 20.8 Å². The molecular formula is C31H32N6O6S2. The highest BCUT2D eigenvalue weighted by Crippen LogP contribution is 2.40. The number of ether oxygens (including phenoxy) is 1. The molecule has 14 heteroatoms. The first-order chi connectivity index (χ1) is 21.7. The van der Waals surface area contributed by atoms with Crippen molar-refractivity contribution in [2.45, 2.75) is 63.0 Å². The van der Waals surface area contributed by atoms with Crippen molar-refractivity contribution in [3.63, 3.8) is 0 Å². The predicted octanol–water partition coefficient (Wildman–Crippen LogP) is 5.21. The standard InChI is InChI=1S/C31H32N6O6S2/c1-3-43-30(40)26-23-10-7-11-24(23)45-29(26)33-27(38)19(2)44-31-35-34-25(36(31)17-16-20-8-5-4-6-9-20)18-32-28(39)21-12-14-22(15-13-21)37(41)42/h4-6,8-9,12-15,19H,3,7,10-11,16-18H2,1-2H3,(H,32,39)(H,33,38)/t19-/m1/s1. The van der Waals surface area contributed by atoms with Crippen molar-refractivity contribution in [2.75, 3.05) is 11.9 Å². The number of amides is 2. The first kappa shape index (κ1) is 31.9. The van der Waals surface area contributed by atoms with Gasteiger partial charge in [0.05, 0.1) is 28.9 Å². The zero-order valence-corrected chi connectivity index (χ0v) is 26.4. The fourth-order valence-corrected chi connectivity index (χ4v) is 7.15. The molecule has 2 aromatic carbocycles. The van der Waals surface area contributed by atoms with Crippen molar-refractivity contribution in [2.24, 2.45) is 0 Å². The van der Waals surface area contributed by atoms with Crippen LogP contribution in [0.3, 0.4) is 0 Å². The third kappa shape index (κ3) is 7.57. The first-order valence-corrected chi connectivity index (χ1v) is 16.2. The molecule has 1 aliphatic rings. The normalized spacial score (nSPS) is 12.8. The topological polar surface area (TPSA) is 158 Å². The molecule has 0 unspecified atom stereocenters. The van der Waals surface area contributed by atoms with Crippen LogP contribution in [0.1, 0.15) is 62.8 Å². The predicted molar refractivity (Wildman–Crippen MR) is 171 cm³/mol. The molecule has 0 spiro atoms. The molecule has 1 atom stereocenters. The summed E-state index contributed by atoms with van der Waals surface area (Å²) in [6.45, 7) is 4.32. The lowest BCUT2D eigenvalue weighted by Crippen LogP contribution is -2.26. The Kier molecular flexibility index (Phi) is 10.2. The fraction of sp³-hybridized carbons (Fsp3) is 0.323. The number of nitrogens with one attached hydrogen (secondary N) is 2. The van der Waals surface area contributed by atoms with E-state index in [4.69, 9.17) is 4.74 Å². The van der Waals surface area contributed by atoms with E-state index in [0.29, 0.717) is 34.5 Å². The summed E-state index contributed by atoms with van der Waals surface area (Å²) < 4.78 is 7.16. The Morgan fingerprint density at radius 2 is 1.87 bits per heavy atom. The molecule has 2 aromatic heterocycles. The number of aromatic nitrogens is 3. The van der Waals surface area contributed by atoms with Crippen molar-refractivity contribution >= 4 is 51.6 Å². The Morgan fingerprint density at radius 1 is 1.11 bits per heavy atom. The molecular weight excluding hydrogens is 617 g/mol. The number of fused-ring (bicyclic) bond motifs is 1. The Bertz CT molecular complexity index is 1700. The van der Waals surface area contributed by atoms with Gasteiger partial charge >= 0.3 is 5.97 Å². The summed E-state index contributed by atoms with van der Waals surface area (Å²) in [5.74, 6) is -0.620. The number of nitro benzene ring substituents is 1. The lowest BCUT2D eigenvalue weighted by molar-refractivity contribution is -0.384. The molecule has 0 fully saturated rings. The number of hydrogen-bond donors (Lipinski definition) is 2. The van der Waals surface area contributed by atoms with Crippen molar-refractivity contribution in [3.8, 4) is 0 Å². The van der Waals surface area contributed by atoms with E-state index in [0.717, 1.165) is 35.3 Å². The van der Waals surface area contributed by atoms with Crippen LogP contribution in [0.5, 0.6) is 0 Å². The van der Waals surface area contributed by atoms with Gasteiger partial charge in [0.15, 0.2) is 11.0 Å². The van der Waals surface area contributed by atoms with Gasteiger partial charge in [-0.3, -0.25) is 19.7 Å². The molecule has 1 aliphatic carbocycles. The zero-order valence-electron chi connectivity index (χ0n) is 24.8. The van der Waals surface area contributed by atoms with E-state index in [-0.39, 0.29) is 30.3 Å². The van der Waals surface area contributed by atoms with Crippen LogP contribution in [0, 0.1) is 10.1 Å². The number of benzene rings is 2. The molecule has 5 rings (SSSR count). The molecule has 2 N–H and O–H groups in total. The van der Waals surface area contributed by atoms with Gasteiger partial charge in [-0.1, -0.05) is 42.1 Å². The summed E-state index contributed by atoms with van der Waals surface area (Å²) in [6.07, 6.45) is 3.30. The molecule has 45 heavy (non-hydrogen) atoms. The lowest BCUT2D eigenvalue weighted by atomic mass is 10.1. The Morgan fingerprint density at radius 3 is 2.58 bits per heavy atom. The minimum absolute atomic E-state index is 0.0579. The zero-order chi connectivity index (χ0) is 31.9. The minimum atomic E-state index is -0.584. The van der Waals surface area contributed by atoms with Crippen molar-refractivity contribution in [1.82, 2.24) is 20.1 Å². The number of aryl methyl sites for hydroxylation is 2. The quantitative estimate of drug-likeness (QED) is 0.0860. The average Bonchev–Trinajstić information content (AvgIpc) is 3.74. The van der Waals surface area contributed by atoms with Crippen LogP contribution < -0.4 is 10.6 Å². The van der Waals surface area contributed by atoms with Crippen LogP contribution in [-0.2, 0) is 41.9 Å². The number of non-ortho nitro benzene ring substituents is 1. The minimum Gasteiger partial charge on any atom is -0.462 e. The summed E-state index contributed by atoms with van der Waals surface area (Å²) in [5.41, 5.74) is 2.70. The highest BCUT2D eigenvalue weighted by atomic mass is 32.2. The van der Waals surface area contributed by atoms with Gasteiger partial charge in [0.1, 0.15) is 5.00 Å². The largest absolute Gasteiger partial charge is 0.462 e. The number of anilines is 1. The maximum absolute atomic E-state index is 13.4. The summed E-state index contributed by atoms with van der Waals surface area (Å²) in [7, 11) is 0. The number of thiophene rings is 1. The molecule has 0 aliphatic heterocycles. The van der Waals surface area contributed by atoms with Crippen molar-refractivity contribution in [3.05, 3.63) is 97.7 Å². The summed E-state index contributed by atoms with van der Waals surface area (Å²) in [5, 5.41) is 25.8. The van der Waals surface area contributed by atoms with Gasteiger partial charge in [0, 0.05) is 29.1 Å². The number of thioether (sulfide) groups is 1. The van der Waals surface area contributed by atoms with E-state index in [1.54, 1.807) is 13.8 Å².